The Balaban J connectivity index is 1.22. The van der Waals surface area contributed by atoms with E-state index in [9.17, 15) is 14.4 Å². The van der Waals surface area contributed by atoms with Crippen LogP contribution in [0.15, 0.2) is 0 Å². The SMILES string of the molecule is CO[C@@H]1CCC23CC[C@H]4C[C@@]4(C12)[C@H](OC(=O)NC(=O)[C@H]1CN2CC[C@@H]1C2)C[C@@](C)(C1CCCCC1)C(=O)[C@@H]3C. The number of ether oxygens (including phenoxy) is 2. The number of ketones is 1. The number of piperidine rings is 1. The molecule has 0 radical (unpaired) electrons. The molecule has 7 heteroatoms. The summed E-state index contributed by atoms with van der Waals surface area (Å²) in [5.41, 5.74) is -0.724. The summed E-state index contributed by atoms with van der Waals surface area (Å²) >= 11 is 0. The minimum atomic E-state index is -0.599. The van der Waals surface area contributed by atoms with Crippen LogP contribution in [0.1, 0.15) is 90.9 Å². The predicted octanol–water partition coefficient (Wildman–Crippen LogP) is 4.97. The van der Waals surface area contributed by atoms with E-state index in [0.29, 0.717) is 30.0 Å². The smallest absolute Gasteiger partial charge is 0.414 e. The molecule has 1 N–H and O–H groups in total. The highest BCUT2D eigenvalue weighted by atomic mass is 16.6. The van der Waals surface area contributed by atoms with Crippen molar-refractivity contribution < 1.29 is 23.9 Å². The number of amides is 2. The molecule has 7 aliphatic rings. The van der Waals surface area contributed by atoms with Gasteiger partial charge in [0.15, 0.2) is 0 Å². The van der Waals surface area contributed by atoms with Crippen LogP contribution in [0, 0.1) is 51.8 Å². The number of carbonyl (C=O) groups excluding carboxylic acids is 3. The predicted molar refractivity (Wildman–Crippen MR) is 146 cm³/mol. The first-order chi connectivity index (χ1) is 18.7. The molecule has 0 aromatic heterocycles. The van der Waals surface area contributed by atoms with Gasteiger partial charge in [0.25, 0.3) is 0 Å². The monoisotopic (exact) mass is 540 g/mol. The lowest BCUT2D eigenvalue weighted by atomic mass is 9.48. The van der Waals surface area contributed by atoms with Gasteiger partial charge in [-0.3, -0.25) is 14.9 Å². The molecular weight excluding hydrogens is 492 g/mol. The molecule has 1 spiro atoms. The second kappa shape index (κ2) is 9.27. The summed E-state index contributed by atoms with van der Waals surface area (Å²) in [5, 5.41) is 2.67. The maximum absolute atomic E-state index is 14.7. The molecule has 7 rings (SSSR count). The number of fused-ring (bicyclic) bond motifs is 2. The topological polar surface area (TPSA) is 84.9 Å². The number of imide groups is 1. The van der Waals surface area contributed by atoms with Gasteiger partial charge >= 0.3 is 6.09 Å². The van der Waals surface area contributed by atoms with E-state index in [1.54, 1.807) is 0 Å². The Morgan fingerprint density at radius 2 is 1.74 bits per heavy atom. The highest BCUT2D eigenvalue weighted by molar-refractivity contribution is 5.94. The van der Waals surface area contributed by atoms with E-state index in [-0.39, 0.29) is 46.7 Å². The molecule has 3 unspecified atom stereocenters. The van der Waals surface area contributed by atoms with Crippen LogP contribution in [-0.2, 0) is 19.1 Å². The summed E-state index contributed by atoms with van der Waals surface area (Å²) < 4.78 is 12.6. The zero-order chi connectivity index (χ0) is 27.2. The summed E-state index contributed by atoms with van der Waals surface area (Å²) in [6.45, 7) is 7.19. The Bertz CT molecular complexity index is 1040. The Morgan fingerprint density at radius 3 is 2.44 bits per heavy atom. The second-order valence-electron chi connectivity index (χ2n) is 14.9. The Labute approximate surface area is 233 Å². The number of hydrogen-bond donors (Lipinski definition) is 1. The number of rotatable bonds is 4. The standard InChI is InChI=1S/C32H48N2O5/c1-19-27(35)30(2,21-7-5-4-6-8-21)16-25(39-29(37)33-28(36)23-18-34-14-11-20(23)17-34)32-15-22(32)9-12-31(19)13-10-24(38-3)26(31)32/h19-26H,4-18H2,1-3H3,(H,33,36,37)/t19-,20+,22-,23-,24+,25+,26?,30-,31?,32-/m0/s1. The number of Topliss-reactive ketones (excluding diaryl/α,β-unsaturated/α-hetero) is 1. The minimum absolute atomic E-state index is 0.00264. The lowest BCUT2D eigenvalue weighted by molar-refractivity contribution is -0.166. The van der Waals surface area contributed by atoms with Crippen LogP contribution in [0.3, 0.4) is 0 Å². The highest BCUT2D eigenvalue weighted by Crippen LogP contribution is 2.78. The van der Waals surface area contributed by atoms with Crippen molar-refractivity contribution in [2.24, 2.45) is 51.8 Å². The van der Waals surface area contributed by atoms with E-state index in [1.165, 1.54) is 19.3 Å². The van der Waals surface area contributed by atoms with Crippen molar-refractivity contribution in [2.45, 2.75) is 103 Å². The molecule has 7 fully saturated rings. The van der Waals surface area contributed by atoms with E-state index in [0.717, 1.165) is 71.0 Å². The molecule has 2 aliphatic heterocycles. The quantitative estimate of drug-likeness (QED) is 0.542. The minimum Gasteiger partial charge on any atom is -0.445 e. The number of methoxy groups -OCH3 is 1. The van der Waals surface area contributed by atoms with Crippen molar-refractivity contribution >= 4 is 17.8 Å². The Hall–Kier alpha value is -1.47. The fourth-order valence-corrected chi connectivity index (χ4v) is 11.5. The van der Waals surface area contributed by atoms with Gasteiger partial charge in [0.1, 0.15) is 11.9 Å². The third-order valence-electron chi connectivity index (χ3n) is 13.6. The zero-order valence-electron chi connectivity index (χ0n) is 24.2. The van der Waals surface area contributed by atoms with Crippen molar-refractivity contribution in [3.63, 3.8) is 0 Å². The van der Waals surface area contributed by atoms with Crippen molar-refractivity contribution in [1.82, 2.24) is 10.2 Å². The first-order valence-corrected chi connectivity index (χ1v) is 16.0. The van der Waals surface area contributed by atoms with Crippen LogP contribution >= 0.6 is 0 Å². The molecule has 0 aromatic carbocycles. The Morgan fingerprint density at radius 1 is 0.974 bits per heavy atom. The maximum Gasteiger partial charge on any atom is 0.414 e. The average Bonchev–Trinajstić information content (AvgIpc) is 3.24. The molecule has 39 heavy (non-hydrogen) atoms. The second-order valence-corrected chi connectivity index (χ2v) is 14.9. The molecule has 5 saturated carbocycles. The Kier molecular flexibility index (Phi) is 6.28. The van der Waals surface area contributed by atoms with Crippen LogP contribution in [0.4, 0.5) is 4.79 Å². The van der Waals surface area contributed by atoms with E-state index in [4.69, 9.17) is 9.47 Å². The summed E-state index contributed by atoms with van der Waals surface area (Å²) in [4.78, 5) is 43.6. The number of nitrogens with zero attached hydrogens (tertiary/aromatic N) is 1. The van der Waals surface area contributed by atoms with E-state index < -0.39 is 11.5 Å². The van der Waals surface area contributed by atoms with Gasteiger partial charge in [0.05, 0.1) is 12.0 Å². The largest absolute Gasteiger partial charge is 0.445 e. The maximum atomic E-state index is 14.7. The summed E-state index contributed by atoms with van der Waals surface area (Å²) in [7, 11) is 1.82. The number of nitrogens with one attached hydrogen (secondary N) is 1. The van der Waals surface area contributed by atoms with Crippen molar-refractivity contribution in [1.29, 1.82) is 0 Å². The van der Waals surface area contributed by atoms with E-state index in [1.807, 2.05) is 7.11 Å². The fraction of sp³-hybridized carbons (Fsp3) is 0.906. The van der Waals surface area contributed by atoms with E-state index in [2.05, 4.69) is 24.1 Å². The van der Waals surface area contributed by atoms with Gasteiger partial charge in [-0.1, -0.05) is 33.1 Å². The molecule has 0 aromatic rings. The average molecular weight is 541 g/mol. The van der Waals surface area contributed by atoms with Gasteiger partial charge in [0, 0.05) is 42.9 Å². The molecular formula is C32H48N2O5. The van der Waals surface area contributed by atoms with Crippen LogP contribution in [-0.4, -0.2) is 61.6 Å². The normalized spacial score (nSPS) is 50.5. The zero-order valence-corrected chi connectivity index (χ0v) is 24.2. The number of carbonyl (C=O) groups is 3. The summed E-state index contributed by atoms with van der Waals surface area (Å²) in [6.07, 6.45) is 11.7. The first kappa shape index (κ1) is 26.4. The number of hydrogen-bond acceptors (Lipinski definition) is 6. The van der Waals surface area contributed by atoms with Crippen LogP contribution in [0.25, 0.3) is 0 Å². The van der Waals surface area contributed by atoms with Crippen LogP contribution in [0.5, 0.6) is 0 Å². The van der Waals surface area contributed by atoms with Crippen molar-refractivity contribution in [3.8, 4) is 0 Å². The van der Waals surface area contributed by atoms with Crippen molar-refractivity contribution in [2.75, 3.05) is 26.7 Å². The van der Waals surface area contributed by atoms with Gasteiger partial charge in [-0.25, -0.2) is 4.79 Å². The molecule has 11 atom stereocenters. The summed E-state index contributed by atoms with van der Waals surface area (Å²) in [5.74, 6) is 1.51. The third kappa shape index (κ3) is 3.77. The third-order valence-corrected chi connectivity index (χ3v) is 13.6. The van der Waals surface area contributed by atoms with E-state index >= 15 is 0 Å². The molecule has 2 amide bonds. The van der Waals surface area contributed by atoms with Gasteiger partial charge < -0.3 is 14.4 Å². The van der Waals surface area contributed by atoms with Crippen LogP contribution < -0.4 is 5.32 Å². The molecule has 4 bridgehead atoms. The molecule has 7 nitrogen and oxygen atoms in total. The van der Waals surface area contributed by atoms with Gasteiger partial charge in [-0.15, -0.1) is 0 Å². The molecule has 2 heterocycles. The first-order valence-electron chi connectivity index (χ1n) is 16.0. The summed E-state index contributed by atoms with van der Waals surface area (Å²) in [6, 6.07) is 0. The molecule has 216 valence electrons. The fourth-order valence-electron chi connectivity index (χ4n) is 11.5. The van der Waals surface area contributed by atoms with Gasteiger partial charge in [0.2, 0.25) is 5.91 Å². The molecule has 5 aliphatic carbocycles. The van der Waals surface area contributed by atoms with Gasteiger partial charge in [-0.2, -0.15) is 0 Å². The lowest BCUT2D eigenvalue weighted by Crippen LogP contribution is -2.59. The highest BCUT2D eigenvalue weighted by Gasteiger charge is 2.77. The molecule has 2 saturated heterocycles. The lowest BCUT2D eigenvalue weighted by Gasteiger charge is -2.56. The van der Waals surface area contributed by atoms with Crippen molar-refractivity contribution in [3.05, 3.63) is 0 Å². The number of alkyl carbamates (subject to hydrolysis) is 1. The van der Waals surface area contributed by atoms with Gasteiger partial charge in [-0.05, 0) is 87.5 Å². The van der Waals surface area contributed by atoms with Crippen LogP contribution in [0.2, 0.25) is 0 Å².